The molecular formula is C20H20F2N8O. The van der Waals surface area contributed by atoms with Gasteiger partial charge in [0.1, 0.15) is 18.0 Å². The lowest BCUT2D eigenvalue weighted by Gasteiger charge is -2.07. The smallest absolute Gasteiger partial charge is 0.265 e. The SMILES string of the molecule is CCc1cn(-c2ccc(OCc3c(-c4ccc(C(F)F)cn4)nnn3C)nn2)nc1C. The lowest BCUT2D eigenvalue weighted by Crippen LogP contribution is -2.07. The van der Waals surface area contributed by atoms with Gasteiger partial charge in [-0.15, -0.1) is 15.3 Å². The third kappa shape index (κ3) is 4.25. The van der Waals surface area contributed by atoms with Gasteiger partial charge < -0.3 is 4.74 Å². The van der Waals surface area contributed by atoms with Crippen molar-refractivity contribution in [1.29, 1.82) is 0 Å². The van der Waals surface area contributed by atoms with E-state index in [-0.39, 0.29) is 12.2 Å². The maximum absolute atomic E-state index is 12.8. The Hall–Kier alpha value is -3.76. The molecule has 31 heavy (non-hydrogen) atoms. The van der Waals surface area contributed by atoms with E-state index in [0.717, 1.165) is 23.9 Å². The fourth-order valence-electron chi connectivity index (χ4n) is 3.03. The Morgan fingerprint density at radius 1 is 1.10 bits per heavy atom. The Bertz CT molecular complexity index is 1170. The average Bonchev–Trinajstić information content (AvgIpc) is 3.34. The molecular weight excluding hydrogens is 406 g/mol. The number of hydrogen-bond donors (Lipinski definition) is 0. The van der Waals surface area contributed by atoms with Crippen molar-refractivity contribution in [1.82, 2.24) is 40.0 Å². The van der Waals surface area contributed by atoms with E-state index in [9.17, 15) is 8.78 Å². The van der Waals surface area contributed by atoms with Crippen LogP contribution in [0.2, 0.25) is 0 Å². The molecule has 4 heterocycles. The molecule has 0 aliphatic carbocycles. The van der Waals surface area contributed by atoms with E-state index in [4.69, 9.17) is 4.74 Å². The van der Waals surface area contributed by atoms with Crippen LogP contribution in [0.25, 0.3) is 17.2 Å². The van der Waals surface area contributed by atoms with Crippen LogP contribution in [-0.2, 0) is 20.1 Å². The van der Waals surface area contributed by atoms with Gasteiger partial charge in [0.15, 0.2) is 5.82 Å². The van der Waals surface area contributed by atoms with Crippen molar-refractivity contribution in [3.63, 3.8) is 0 Å². The topological polar surface area (TPSA) is 96.4 Å². The number of aryl methyl sites for hydroxylation is 3. The van der Waals surface area contributed by atoms with E-state index in [1.54, 1.807) is 28.5 Å². The van der Waals surface area contributed by atoms with E-state index >= 15 is 0 Å². The summed E-state index contributed by atoms with van der Waals surface area (Å²) in [7, 11) is 1.71. The van der Waals surface area contributed by atoms with Gasteiger partial charge >= 0.3 is 0 Å². The Morgan fingerprint density at radius 3 is 2.55 bits per heavy atom. The van der Waals surface area contributed by atoms with Crippen molar-refractivity contribution in [2.24, 2.45) is 7.05 Å². The van der Waals surface area contributed by atoms with Crippen LogP contribution < -0.4 is 4.74 Å². The summed E-state index contributed by atoms with van der Waals surface area (Å²) < 4.78 is 34.5. The van der Waals surface area contributed by atoms with Crippen LogP contribution in [0.3, 0.4) is 0 Å². The van der Waals surface area contributed by atoms with Crippen molar-refractivity contribution < 1.29 is 13.5 Å². The second-order valence-electron chi connectivity index (χ2n) is 6.84. The first kappa shape index (κ1) is 20.5. The number of halogens is 2. The molecule has 0 unspecified atom stereocenters. The van der Waals surface area contributed by atoms with Crippen LogP contribution in [0, 0.1) is 6.92 Å². The van der Waals surface area contributed by atoms with E-state index in [0.29, 0.717) is 28.8 Å². The van der Waals surface area contributed by atoms with Crippen molar-refractivity contribution >= 4 is 0 Å². The molecule has 9 nitrogen and oxygen atoms in total. The molecule has 11 heteroatoms. The van der Waals surface area contributed by atoms with Crippen molar-refractivity contribution in [3.05, 3.63) is 59.2 Å². The van der Waals surface area contributed by atoms with E-state index in [1.807, 2.05) is 13.1 Å². The number of ether oxygens (including phenoxy) is 1. The highest BCUT2D eigenvalue weighted by molar-refractivity contribution is 5.56. The minimum Gasteiger partial charge on any atom is -0.470 e. The molecule has 4 rings (SSSR count). The first-order chi connectivity index (χ1) is 15.0. The summed E-state index contributed by atoms with van der Waals surface area (Å²) in [6.45, 7) is 4.13. The van der Waals surface area contributed by atoms with Crippen LogP contribution in [-0.4, -0.2) is 40.0 Å². The molecule has 0 spiro atoms. The maximum atomic E-state index is 12.8. The second-order valence-corrected chi connectivity index (χ2v) is 6.84. The molecule has 4 aromatic heterocycles. The number of pyridine rings is 1. The molecule has 0 aliphatic rings. The predicted molar refractivity (Wildman–Crippen MR) is 107 cm³/mol. The van der Waals surface area contributed by atoms with Crippen LogP contribution in [0.5, 0.6) is 5.88 Å². The summed E-state index contributed by atoms with van der Waals surface area (Å²) in [5, 5.41) is 20.8. The highest BCUT2D eigenvalue weighted by Crippen LogP contribution is 2.23. The zero-order chi connectivity index (χ0) is 22.0. The molecule has 0 saturated heterocycles. The minimum atomic E-state index is -2.58. The van der Waals surface area contributed by atoms with E-state index in [2.05, 4.69) is 37.5 Å². The predicted octanol–water partition coefficient (Wildman–Crippen LogP) is 3.24. The number of nitrogens with zero attached hydrogens (tertiary/aromatic N) is 8. The standard InChI is InChI=1S/C20H20F2N8O/c1-4-13-10-30(27-12(13)2)17-7-8-18(25-24-17)31-11-16-19(26-28-29(16)3)15-6-5-14(9-23-15)20(21)22/h5-10,20H,4,11H2,1-3H3. The quantitative estimate of drug-likeness (QED) is 0.448. The van der Waals surface area contributed by atoms with Gasteiger partial charge in [0, 0.05) is 31.1 Å². The highest BCUT2D eigenvalue weighted by atomic mass is 19.3. The van der Waals surface area contributed by atoms with E-state index in [1.165, 1.54) is 12.1 Å². The molecule has 160 valence electrons. The molecule has 0 saturated carbocycles. The minimum absolute atomic E-state index is 0.103. The Kier molecular flexibility index (Phi) is 5.65. The van der Waals surface area contributed by atoms with Gasteiger partial charge in [0.25, 0.3) is 6.43 Å². The van der Waals surface area contributed by atoms with Gasteiger partial charge in [-0.3, -0.25) is 4.98 Å². The Morgan fingerprint density at radius 2 is 1.94 bits per heavy atom. The molecule has 0 aromatic carbocycles. The summed E-state index contributed by atoms with van der Waals surface area (Å²) >= 11 is 0. The van der Waals surface area contributed by atoms with E-state index < -0.39 is 6.43 Å². The van der Waals surface area contributed by atoms with Crippen molar-refractivity contribution in [3.8, 4) is 23.1 Å². The molecule has 0 bridgehead atoms. The lowest BCUT2D eigenvalue weighted by molar-refractivity contribution is 0.151. The largest absolute Gasteiger partial charge is 0.470 e. The summed E-state index contributed by atoms with van der Waals surface area (Å²) in [4.78, 5) is 4.07. The Balaban J connectivity index is 1.49. The number of rotatable bonds is 7. The van der Waals surface area contributed by atoms with Gasteiger partial charge in [-0.1, -0.05) is 12.1 Å². The first-order valence-electron chi connectivity index (χ1n) is 9.61. The monoisotopic (exact) mass is 426 g/mol. The Labute approximate surface area is 176 Å². The molecule has 4 aromatic rings. The summed E-state index contributed by atoms with van der Waals surface area (Å²) in [6.07, 6.45) is 1.37. The summed E-state index contributed by atoms with van der Waals surface area (Å²) in [5.41, 5.74) is 3.45. The fourth-order valence-corrected chi connectivity index (χ4v) is 3.03. The van der Waals surface area contributed by atoms with Gasteiger partial charge in [0.05, 0.1) is 11.4 Å². The van der Waals surface area contributed by atoms with Crippen LogP contribution >= 0.6 is 0 Å². The number of aromatic nitrogens is 8. The third-order valence-corrected chi connectivity index (χ3v) is 4.82. The fraction of sp³-hybridized carbons (Fsp3) is 0.300. The zero-order valence-electron chi connectivity index (χ0n) is 17.2. The van der Waals surface area contributed by atoms with Crippen LogP contribution in [0.1, 0.15) is 35.9 Å². The first-order valence-corrected chi connectivity index (χ1v) is 9.61. The maximum Gasteiger partial charge on any atom is 0.265 e. The van der Waals surface area contributed by atoms with Gasteiger partial charge in [0.2, 0.25) is 5.88 Å². The third-order valence-electron chi connectivity index (χ3n) is 4.82. The van der Waals surface area contributed by atoms with Gasteiger partial charge in [-0.2, -0.15) is 5.10 Å². The van der Waals surface area contributed by atoms with Crippen LogP contribution in [0.4, 0.5) is 8.78 Å². The van der Waals surface area contributed by atoms with Gasteiger partial charge in [-0.25, -0.2) is 18.1 Å². The summed E-state index contributed by atoms with van der Waals surface area (Å²) in [6, 6.07) is 6.27. The van der Waals surface area contributed by atoms with Crippen molar-refractivity contribution in [2.45, 2.75) is 33.3 Å². The number of alkyl halides is 2. The summed E-state index contributed by atoms with van der Waals surface area (Å²) in [5.74, 6) is 0.901. The lowest BCUT2D eigenvalue weighted by atomic mass is 10.2. The van der Waals surface area contributed by atoms with Gasteiger partial charge in [-0.05, 0) is 37.1 Å². The highest BCUT2D eigenvalue weighted by Gasteiger charge is 2.16. The zero-order valence-corrected chi connectivity index (χ0v) is 17.2. The van der Waals surface area contributed by atoms with Crippen LogP contribution in [0.15, 0.2) is 36.7 Å². The molecule has 0 aliphatic heterocycles. The van der Waals surface area contributed by atoms with Crippen molar-refractivity contribution in [2.75, 3.05) is 0 Å². The molecule has 0 atom stereocenters. The molecule has 0 amide bonds. The normalized spacial score (nSPS) is 11.3. The molecule has 0 fully saturated rings. The molecule has 0 radical (unpaired) electrons. The molecule has 0 N–H and O–H groups in total. The number of hydrogen-bond acceptors (Lipinski definition) is 7. The second kappa shape index (κ2) is 8.54. The average molecular weight is 426 g/mol.